The highest BCUT2D eigenvalue weighted by atomic mass is 35.5. The number of hydrogen-bond donors (Lipinski definition) is 1. The van der Waals surface area contributed by atoms with E-state index in [1.807, 2.05) is 6.92 Å². The molecular weight excluding hydrogens is 299 g/mol. The van der Waals surface area contributed by atoms with E-state index in [2.05, 4.69) is 15.2 Å². The Balaban J connectivity index is 2.18. The molecule has 0 aromatic carbocycles. The van der Waals surface area contributed by atoms with E-state index in [9.17, 15) is 13.2 Å². The molecule has 0 aliphatic rings. The lowest BCUT2D eigenvalue weighted by molar-refractivity contribution is -0.137. The molecule has 0 saturated heterocycles. The van der Waals surface area contributed by atoms with Gasteiger partial charge in [-0.15, -0.1) is 0 Å². The number of thioether (sulfide) groups is 1. The van der Waals surface area contributed by atoms with Gasteiger partial charge >= 0.3 is 6.18 Å². The van der Waals surface area contributed by atoms with Gasteiger partial charge in [-0.3, -0.25) is 5.10 Å². The minimum atomic E-state index is -4.44. The SMILES string of the molecule is C[C@H](Sc1ncc(C(F)(F)F)cc1Cl)c1ccn[nH]1. The van der Waals surface area contributed by atoms with Crippen molar-refractivity contribution in [1.29, 1.82) is 0 Å². The van der Waals surface area contributed by atoms with E-state index >= 15 is 0 Å². The highest BCUT2D eigenvalue weighted by Gasteiger charge is 2.31. The fourth-order valence-corrected chi connectivity index (χ4v) is 2.57. The Hall–Kier alpha value is -1.21. The van der Waals surface area contributed by atoms with Crippen LogP contribution < -0.4 is 0 Å². The summed E-state index contributed by atoms with van der Waals surface area (Å²) in [6, 6.07) is 2.67. The molecule has 8 heteroatoms. The average Bonchev–Trinajstić information content (AvgIpc) is 2.84. The fraction of sp³-hybridized carbons (Fsp3) is 0.273. The maximum absolute atomic E-state index is 12.5. The Morgan fingerprint density at radius 1 is 1.42 bits per heavy atom. The molecule has 0 fully saturated rings. The number of aromatic nitrogens is 3. The first-order chi connectivity index (χ1) is 8.88. The maximum atomic E-state index is 12.5. The number of H-pyrrole nitrogens is 1. The first kappa shape index (κ1) is 14.2. The molecule has 1 atom stereocenters. The van der Waals surface area contributed by atoms with E-state index in [0.717, 1.165) is 18.0 Å². The van der Waals surface area contributed by atoms with E-state index in [1.54, 1.807) is 12.3 Å². The van der Waals surface area contributed by atoms with Gasteiger partial charge in [-0.1, -0.05) is 23.4 Å². The van der Waals surface area contributed by atoms with Gasteiger partial charge in [0.05, 0.1) is 10.6 Å². The molecule has 19 heavy (non-hydrogen) atoms. The van der Waals surface area contributed by atoms with Crippen molar-refractivity contribution in [1.82, 2.24) is 15.2 Å². The minimum Gasteiger partial charge on any atom is -0.281 e. The van der Waals surface area contributed by atoms with E-state index in [0.29, 0.717) is 5.03 Å². The smallest absolute Gasteiger partial charge is 0.281 e. The van der Waals surface area contributed by atoms with Gasteiger partial charge in [-0.05, 0) is 19.1 Å². The molecule has 0 aliphatic carbocycles. The number of nitrogens with zero attached hydrogens (tertiary/aromatic N) is 2. The second-order valence-electron chi connectivity index (χ2n) is 3.78. The van der Waals surface area contributed by atoms with Crippen LogP contribution in [0.4, 0.5) is 13.2 Å². The summed E-state index contributed by atoms with van der Waals surface area (Å²) in [5.41, 5.74) is -0.00110. The Labute approximate surface area is 116 Å². The summed E-state index contributed by atoms with van der Waals surface area (Å²) < 4.78 is 37.4. The third-order valence-electron chi connectivity index (χ3n) is 2.38. The van der Waals surface area contributed by atoms with Crippen molar-refractivity contribution < 1.29 is 13.2 Å². The molecule has 0 spiro atoms. The third kappa shape index (κ3) is 3.42. The summed E-state index contributed by atoms with van der Waals surface area (Å²) in [7, 11) is 0. The van der Waals surface area contributed by atoms with Crippen LogP contribution in [0.15, 0.2) is 29.6 Å². The molecule has 2 aromatic rings. The number of nitrogens with one attached hydrogen (secondary N) is 1. The predicted octanol–water partition coefficient (Wildman–Crippen LogP) is 4.33. The summed E-state index contributed by atoms with van der Waals surface area (Å²) in [6.45, 7) is 1.88. The van der Waals surface area contributed by atoms with Crippen molar-refractivity contribution in [3.8, 4) is 0 Å². The van der Waals surface area contributed by atoms with E-state index in [4.69, 9.17) is 11.6 Å². The fourth-order valence-electron chi connectivity index (χ4n) is 1.39. The van der Waals surface area contributed by atoms with E-state index in [1.165, 1.54) is 11.8 Å². The third-order valence-corrected chi connectivity index (χ3v) is 3.94. The zero-order valence-electron chi connectivity index (χ0n) is 9.70. The molecule has 0 unspecified atom stereocenters. The molecule has 0 saturated carbocycles. The molecule has 102 valence electrons. The number of hydrogen-bond acceptors (Lipinski definition) is 3. The van der Waals surface area contributed by atoms with Gasteiger partial charge in [0.2, 0.25) is 0 Å². The molecule has 2 rings (SSSR count). The number of alkyl halides is 3. The predicted molar refractivity (Wildman–Crippen MR) is 67.1 cm³/mol. The van der Waals surface area contributed by atoms with Crippen LogP contribution in [0.25, 0.3) is 0 Å². The summed E-state index contributed by atoms with van der Waals surface area (Å²) >= 11 is 7.10. The van der Waals surface area contributed by atoms with Crippen LogP contribution in [-0.4, -0.2) is 15.2 Å². The number of rotatable bonds is 3. The van der Waals surface area contributed by atoms with Gasteiger partial charge in [-0.25, -0.2) is 4.98 Å². The molecule has 0 bridgehead atoms. The summed E-state index contributed by atoms with van der Waals surface area (Å²) in [4.78, 5) is 3.77. The van der Waals surface area contributed by atoms with Gasteiger partial charge in [0.1, 0.15) is 5.03 Å². The van der Waals surface area contributed by atoms with Crippen molar-refractivity contribution in [3.63, 3.8) is 0 Å². The molecule has 0 radical (unpaired) electrons. The zero-order valence-corrected chi connectivity index (χ0v) is 11.3. The summed E-state index contributed by atoms with van der Waals surface area (Å²) in [6.07, 6.45) is -2.04. The van der Waals surface area contributed by atoms with Crippen molar-refractivity contribution >= 4 is 23.4 Å². The second kappa shape index (κ2) is 5.42. The molecule has 0 amide bonds. The van der Waals surface area contributed by atoms with Crippen LogP contribution >= 0.6 is 23.4 Å². The van der Waals surface area contributed by atoms with E-state index < -0.39 is 11.7 Å². The van der Waals surface area contributed by atoms with Crippen molar-refractivity contribution in [2.24, 2.45) is 0 Å². The largest absolute Gasteiger partial charge is 0.417 e. The van der Waals surface area contributed by atoms with Crippen LogP contribution in [0.1, 0.15) is 23.4 Å². The zero-order chi connectivity index (χ0) is 14.0. The van der Waals surface area contributed by atoms with Gasteiger partial charge < -0.3 is 0 Å². The highest BCUT2D eigenvalue weighted by molar-refractivity contribution is 7.99. The van der Waals surface area contributed by atoms with Crippen molar-refractivity contribution in [2.45, 2.75) is 23.4 Å². The van der Waals surface area contributed by atoms with Crippen molar-refractivity contribution in [2.75, 3.05) is 0 Å². The standard InChI is InChI=1S/C11H9ClF3N3S/c1-6(9-2-3-17-18-9)19-10-8(12)4-7(5-16-10)11(13,14)15/h2-6H,1H3,(H,17,18)/t6-/m0/s1. The molecule has 0 aliphatic heterocycles. The Morgan fingerprint density at radius 3 is 2.68 bits per heavy atom. The Bertz CT molecular complexity index is 557. The normalized spacial score (nSPS) is 13.5. The van der Waals surface area contributed by atoms with Gasteiger partial charge in [-0.2, -0.15) is 18.3 Å². The van der Waals surface area contributed by atoms with Crippen LogP contribution in [-0.2, 0) is 6.18 Å². The van der Waals surface area contributed by atoms with Crippen molar-refractivity contribution in [3.05, 3.63) is 40.8 Å². The molecule has 2 aromatic heterocycles. The monoisotopic (exact) mass is 307 g/mol. The number of pyridine rings is 1. The molecule has 3 nitrogen and oxygen atoms in total. The topological polar surface area (TPSA) is 41.6 Å². The molecular formula is C11H9ClF3N3S. The van der Waals surface area contributed by atoms with Crippen LogP contribution in [0.5, 0.6) is 0 Å². The van der Waals surface area contributed by atoms with Gasteiger partial charge in [0.15, 0.2) is 0 Å². The first-order valence-electron chi connectivity index (χ1n) is 5.26. The minimum absolute atomic E-state index is 0.00816. The maximum Gasteiger partial charge on any atom is 0.417 e. The van der Waals surface area contributed by atoms with Gasteiger partial charge in [0, 0.05) is 23.3 Å². The lowest BCUT2D eigenvalue weighted by Crippen LogP contribution is -2.05. The van der Waals surface area contributed by atoms with Crippen LogP contribution in [0.2, 0.25) is 5.02 Å². The average molecular weight is 308 g/mol. The number of halogens is 4. The van der Waals surface area contributed by atoms with Crippen LogP contribution in [0.3, 0.4) is 0 Å². The Morgan fingerprint density at radius 2 is 2.16 bits per heavy atom. The Kier molecular flexibility index (Phi) is 4.05. The second-order valence-corrected chi connectivity index (χ2v) is 5.52. The highest BCUT2D eigenvalue weighted by Crippen LogP contribution is 2.38. The lowest BCUT2D eigenvalue weighted by Gasteiger charge is -2.11. The summed E-state index contributed by atoms with van der Waals surface area (Å²) in [5.74, 6) is 0. The van der Waals surface area contributed by atoms with Crippen LogP contribution in [0, 0.1) is 0 Å². The summed E-state index contributed by atoms with van der Waals surface area (Å²) in [5, 5.41) is 6.92. The first-order valence-corrected chi connectivity index (χ1v) is 6.52. The molecule has 1 N–H and O–H groups in total. The number of aromatic amines is 1. The van der Waals surface area contributed by atoms with E-state index in [-0.39, 0.29) is 10.3 Å². The molecule has 2 heterocycles. The van der Waals surface area contributed by atoms with Gasteiger partial charge in [0.25, 0.3) is 0 Å². The quantitative estimate of drug-likeness (QED) is 0.858. The lowest BCUT2D eigenvalue weighted by atomic mass is 10.3.